The zero-order valence-electron chi connectivity index (χ0n) is 9.17. The van der Waals surface area contributed by atoms with E-state index in [1.807, 2.05) is 0 Å². The predicted octanol–water partition coefficient (Wildman–Crippen LogP) is -9.34. The monoisotopic (exact) mass is 274 g/mol. The fourth-order valence-corrected chi connectivity index (χ4v) is 1.86. The van der Waals surface area contributed by atoms with Crippen LogP contribution >= 0.6 is 0 Å². The van der Waals surface area contributed by atoms with Crippen molar-refractivity contribution in [2.75, 3.05) is 0 Å². The summed E-state index contributed by atoms with van der Waals surface area (Å²) in [6, 6.07) is 0. The Labute approximate surface area is 143 Å². The molecule has 0 radical (unpaired) electrons. The zero-order valence-corrected chi connectivity index (χ0v) is 14.0. The normalized spacial score (nSPS) is 17.3. The summed E-state index contributed by atoms with van der Waals surface area (Å²) in [6.07, 6.45) is 3.11. The maximum atomic E-state index is 10.7. The van der Waals surface area contributed by atoms with E-state index >= 15 is 0 Å². The van der Waals surface area contributed by atoms with Gasteiger partial charge in [-0.05, 0) is 0 Å². The molecule has 1 aliphatic rings. The summed E-state index contributed by atoms with van der Waals surface area (Å²) in [5.74, 6) is -5.01. The second-order valence-electron chi connectivity index (χ2n) is 2.65. The van der Waals surface area contributed by atoms with Crippen molar-refractivity contribution < 1.29 is 87.3 Å². The first-order chi connectivity index (χ1) is 6.95. The summed E-state index contributed by atoms with van der Waals surface area (Å²) in [6.45, 7) is 0. The molecule has 1 rings (SSSR count). The minimum atomic E-state index is -2.95. The van der Waals surface area contributed by atoms with Crippen LogP contribution in [0.25, 0.3) is 0 Å². The second-order valence-corrected chi connectivity index (χ2v) is 3.56. The van der Waals surface area contributed by atoms with Gasteiger partial charge in [-0.25, -0.2) is 0 Å². The molecular weight excluding hydrogens is 270 g/mol. The van der Waals surface area contributed by atoms with Gasteiger partial charge in [0.25, 0.3) is 0 Å². The first kappa shape index (κ1) is 19.4. The van der Waals surface area contributed by atoms with Gasteiger partial charge >= 0.3 is 59.1 Å². The van der Waals surface area contributed by atoms with Gasteiger partial charge in [0, 0.05) is 5.57 Å². The fourth-order valence-electron chi connectivity index (χ4n) is 1.15. The Hall–Kier alpha value is 0.110. The second kappa shape index (κ2) is 8.25. The van der Waals surface area contributed by atoms with Crippen molar-refractivity contribution in [1.29, 1.82) is 0 Å². The summed E-state index contributed by atoms with van der Waals surface area (Å²) in [5, 5.41) is 21.1. The van der Waals surface area contributed by atoms with Crippen molar-refractivity contribution in [3.8, 4) is 0 Å². The molecular formula is C8H4Na2O6S. The Bertz CT molecular complexity index is 508. The Balaban J connectivity index is 0. The minimum absolute atomic E-state index is 0. The number of allylic oxidation sites excluding steroid dienone is 2. The summed E-state index contributed by atoms with van der Waals surface area (Å²) >= 11 is 0. The Morgan fingerprint density at radius 1 is 1.18 bits per heavy atom. The number of aliphatic carboxylic acids is 2. The zero-order chi connectivity index (χ0) is 11.6. The number of carbonyl (C=O) groups is 2. The molecule has 0 aromatic heterocycles. The van der Waals surface area contributed by atoms with Crippen LogP contribution in [-0.4, -0.2) is 25.2 Å². The third kappa shape index (κ3) is 4.70. The number of hydrogen-bond acceptors (Lipinski definition) is 6. The van der Waals surface area contributed by atoms with Crippen molar-refractivity contribution >= 4 is 27.1 Å². The van der Waals surface area contributed by atoms with Crippen LogP contribution in [0.3, 0.4) is 0 Å². The molecule has 9 heteroatoms. The van der Waals surface area contributed by atoms with Crippen molar-refractivity contribution in [2.24, 2.45) is 5.92 Å². The SMILES string of the molecule is O=C([O-])C1=CC=CC(C(=O)[O-])C1=S(=O)=O.[Na+].[Na+]. The van der Waals surface area contributed by atoms with E-state index in [4.69, 9.17) is 0 Å². The van der Waals surface area contributed by atoms with Crippen molar-refractivity contribution in [1.82, 2.24) is 0 Å². The standard InChI is InChI=1S/C8H6O6S.2Na/c9-7(10)4-2-1-3-5(8(11)12)6(4)15(13)14;;/h1-4H,(H,9,10)(H,11,12);;/q;2*+1/p-2. The first-order valence-electron chi connectivity index (χ1n) is 3.72. The molecule has 0 heterocycles. The van der Waals surface area contributed by atoms with E-state index in [9.17, 15) is 28.2 Å². The van der Waals surface area contributed by atoms with Crippen molar-refractivity contribution in [3.63, 3.8) is 0 Å². The first-order valence-corrected chi connectivity index (χ1v) is 4.79. The summed E-state index contributed by atoms with van der Waals surface area (Å²) in [4.78, 5) is 20.3. The molecule has 0 saturated carbocycles. The van der Waals surface area contributed by atoms with Gasteiger partial charge in [-0.15, -0.1) is 0 Å². The molecule has 1 aliphatic carbocycles. The van der Waals surface area contributed by atoms with Gasteiger partial charge in [0.1, 0.15) is 0 Å². The average molecular weight is 274 g/mol. The number of carboxylic acids is 2. The van der Waals surface area contributed by atoms with Crippen molar-refractivity contribution in [3.05, 3.63) is 23.8 Å². The number of carboxylic acid groups (broad SMARTS) is 2. The molecule has 0 fully saturated rings. The van der Waals surface area contributed by atoms with Gasteiger partial charge < -0.3 is 19.8 Å². The molecule has 6 nitrogen and oxygen atoms in total. The van der Waals surface area contributed by atoms with E-state index in [2.05, 4.69) is 0 Å². The Kier molecular flexibility index (Phi) is 9.44. The minimum Gasteiger partial charge on any atom is -0.549 e. The van der Waals surface area contributed by atoms with Gasteiger partial charge in [-0.2, -0.15) is 8.42 Å². The van der Waals surface area contributed by atoms with Crippen LogP contribution in [0.5, 0.6) is 0 Å². The van der Waals surface area contributed by atoms with Gasteiger partial charge in [-0.3, -0.25) is 0 Å². The smallest absolute Gasteiger partial charge is 0.549 e. The maximum absolute atomic E-state index is 10.7. The number of rotatable bonds is 2. The van der Waals surface area contributed by atoms with Gasteiger partial charge in [0.05, 0.1) is 22.7 Å². The molecule has 0 spiro atoms. The van der Waals surface area contributed by atoms with Crippen LogP contribution in [0.2, 0.25) is 0 Å². The molecule has 0 aromatic carbocycles. The van der Waals surface area contributed by atoms with Gasteiger partial charge in [0.2, 0.25) is 10.3 Å². The molecule has 80 valence electrons. The van der Waals surface area contributed by atoms with Crippen molar-refractivity contribution in [2.45, 2.75) is 0 Å². The maximum Gasteiger partial charge on any atom is 1.00 e. The van der Waals surface area contributed by atoms with Gasteiger partial charge in [-0.1, -0.05) is 18.2 Å². The number of hydrogen-bond donors (Lipinski definition) is 0. The van der Waals surface area contributed by atoms with Crippen LogP contribution < -0.4 is 69.3 Å². The summed E-state index contributed by atoms with van der Waals surface area (Å²) < 4.78 is 21.4. The third-order valence-corrected chi connectivity index (χ3v) is 2.60. The molecule has 0 bridgehead atoms. The summed E-state index contributed by atoms with van der Waals surface area (Å²) in [7, 11) is -2.95. The van der Waals surface area contributed by atoms with E-state index < -0.39 is 38.6 Å². The van der Waals surface area contributed by atoms with Crippen LogP contribution in [0.15, 0.2) is 23.8 Å². The number of carbonyl (C=O) groups excluding carboxylic acids is 2. The molecule has 0 saturated heterocycles. The van der Waals surface area contributed by atoms with Crippen LogP contribution in [0.1, 0.15) is 0 Å². The van der Waals surface area contributed by atoms with Crippen LogP contribution in [0.4, 0.5) is 0 Å². The fraction of sp³-hybridized carbons (Fsp3) is 0.125. The topological polar surface area (TPSA) is 114 Å². The predicted molar refractivity (Wildman–Crippen MR) is 44.7 cm³/mol. The molecule has 1 atom stereocenters. The average Bonchev–Trinajstić information content (AvgIpc) is 2.16. The van der Waals surface area contributed by atoms with E-state index in [1.54, 1.807) is 0 Å². The van der Waals surface area contributed by atoms with Crippen LogP contribution in [0, 0.1) is 5.92 Å². The molecule has 0 amide bonds. The van der Waals surface area contributed by atoms with Gasteiger partial charge in [0.15, 0.2) is 0 Å². The third-order valence-electron chi connectivity index (χ3n) is 1.77. The molecule has 0 aromatic rings. The molecule has 17 heavy (non-hydrogen) atoms. The van der Waals surface area contributed by atoms with E-state index in [0.29, 0.717) is 0 Å². The Morgan fingerprint density at radius 2 is 1.71 bits per heavy atom. The van der Waals surface area contributed by atoms with E-state index in [-0.39, 0.29) is 59.1 Å². The Morgan fingerprint density at radius 3 is 2.06 bits per heavy atom. The largest absolute Gasteiger partial charge is 1.00 e. The molecule has 0 aliphatic heterocycles. The van der Waals surface area contributed by atoms with E-state index in [1.165, 1.54) is 0 Å². The molecule has 1 unspecified atom stereocenters. The molecule has 0 N–H and O–H groups in total. The van der Waals surface area contributed by atoms with E-state index in [0.717, 1.165) is 18.2 Å². The van der Waals surface area contributed by atoms with Crippen LogP contribution in [-0.2, 0) is 19.9 Å². The quantitative estimate of drug-likeness (QED) is 0.365. The summed E-state index contributed by atoms with van der Waals surface area (Å²) in [5.41, 5.74) is -0.667.